The Bertz CT molecular complexity index is 959. The monoisotopic (exact) mass is 301 g/mol. The quantitative estimate of drug-likeness (QED) is 0.349. The van der Waals surface area contributed by atoms with Crippen molar-refractivity contribution in [3.05, 3.63) is 85.1 Å². The molecule has 0 unspecified atom stereocenters. The highest BCUT2D eigenvalue weighted by Crippen LogP contribution is 2.32. The molecule has 0 aliphatic carbocycles. The number of thiophene rings is 1. The first kappa shape index (κ1) is 13.1. The summed E-state index contributed by atoms with van der Waals surface area (Å²) in [5.74, 6) is 0. The number of aromatic amines is 1. The van der Waals surface area contributed by atoms with Crippen molar-refractivity contribution in [2.75, 3.05) is 0 Å². The molecule has 0 aliphatic heterocycles. The molecule has 0 saturated carbocycles. The minimum Gasteiger partial charge on any atom is -0.361 e. The van der Waals surface area contributed by atoms with Crippen LogP contribution < -0.4 is 0 Å². The average molecular weight is 301 g/mol. The first-order valence-electron chi connectivity index (χ1n) is 7.30. The van der Waals surface area contributed by atoms with E-state index in [4.69, 9.17) is 0 Å². The van der Waals surface area contributed by atoms with E-state index in [2.05, 4.69) is 71.7 Å². The molecule has 106 valence electrons. The van der Waals surface area contributed by atoms with Gasteiger partial charge in [0.25, 0.3) is 0 Å². The van der Waals surface area contributed by atoms with Crippen LogP contribution in [-0.4, -0.2) is 4.98 Å². The van der Waals surface area contributed by atoms with Crippen LogP contribution in [0.15, 0.2) is 85.1 Å². The molecule has 0 amide bonds. The van der Waals surface area contributed by atoms with Crippen molar-refractivity contribution in [3.8, 4) is 0 Å². The van der Waals surface area contributed by atoms with Gasteiger partial charge in [-0.05, 0) is 29.7 Å². The third-order valence-electron chi connectivity index (χ3n) is 3.75. The second-order valence-corrected chi connectivity index (χ2v) is 6.24. The van der Waals surface area contributed by atoms with Gasteiger partial charge in [-0.15, -0.1) is 11.3 Å². The third kappa shape index (κ3) is 2.38. The fourth-order valence-corrected chi connectivity index (χ4v) is 3.78. The Labute approximate surface area is 132 Å². The van der Waals surface area contributed by atoms with Gasteiger partial charge in [0.2, 0.25) is 0 Å². The summed E-state index contributed by atoms with van der Waals surface area (Å²) in [6.45, 7) is 0. The molecule has 5 aromatic rings. The van der Waals surface area contributed by atoms with Crippen LogP contribution in [0.3, 0.4) is 0 Å². The van der Waals surface area contributed by atoms with Crippen LogP contribution in [-0.2, 0) is 0 Å². The summed E-state index contributed by atoms with van der Waals surface area (Å²) in [6, 6.07) is 27.4. The molecule has 3 aromatic carbocycles. The summed E-state index contributed by atoms with van der Waals surface area (Å²) in [5, 5.41) is 4.03. The van der Waals surface area contributed by atoms with E-state index in [-0.39, 0.29) is 0 Å². The van der Waals surface area contributed by atoms with Crippen LogP contribution in [0.2, 0.25) is 0 Å². The van der Waals surface area contributed by atoms with Gasteiger partial charge in [0.1, 0.15) is 0 Å². The Morgan fingerprint density at radius 2 is 1.18 bits per heavy atom. The predicted octanol–water partition coefficient (Wildman–Crippen LogP) is 6.22. The smallest absolute Gasteiger partial charge is 0.0453 e. The van der Waals surface area contributed by atoms with Gasteiger partial charge in [-0.2, -0.15) is 0 Å². The van der Waals surface area contributed by atoms with E-state index in [0.717, 1.165) is 0 Å². The highest BCUT2D eigenvalue weighted by Gasteiger charge is 2.01. The number of benzene rings is 3. The minimum absolute atomic E-state index is 1.21. The molecule has 2 heterocycles. The van der Waals surface area contributed by atoms with Crippen molar-refractivity contribution in [2.24, 2.45) is 0 Å². The molecule has 0 bridgehead atoms. The zero-order valence-corrected chi connectivity index (χ0v) is 12.8. The van der Waals surface area contributed by atoms with Crippen LogP contribution in [0.4, 0.5) is 0 Å². The van der Waals surface area contributed by atoms with Gasteiger partial charge in [-0.25, -0.2) is 0 Å². The zero-order chi connectivity index (χ0) is 14.8. The van der Waals surface area contributed by atoms with Crippen molar-refractivity contribution in [3.63, 3.8) is 0 Å². The average Bonchev–Trinajstić information content (AvgIpc) is 3.19. The number of hydrogen-bond donors (Lipinski definition) is 1. The Hall–Kier alpha value is -2.58. The van der Waals surface area contributed by atoms with Gasteiger partial charge in [-0.3, -0.25) is 0 Å². The van der Waals surface area contributed by atoms with Crippen LogP contribution in [0.25, 0.3) is 31.1 Å². The number of hydrogen-bond acceptors (Lipinski definition) is 1. The standard InChI is InChI=1S/C12H8S.C8H7N/c1-3-7-11-9(5-1)10-6-2-4-8-12(10)13-11;1-2-4-8-7(3-1)5-6-9-8/h1-8H;1-6,9H. The third-order valence-corrected chi connectivity index (χ3v) is 4.90. The van der Waals surface area contributed by atoms with E-state index in [1.165, 1.54) is 31.1 Å². The normalized spacial score (nSPS) is 10.7. The van der Waals surface area contributed by atoms with Crippen LogP contribution in [0.5, 0.6) is 0 Å². The maximum atomic E-state index is 3.12. The topological polar surface area (TPSA) is 15.8 Å². The molecule has 0 saturated heterocycles. The van der Waals surface area contributed by atoms with E-state index in [1.54, 1.807) is 0 Å². The Morgan fingerprint density at radius 3 is 1.86 bits per heavy atom. The first-order valence-corrected chi connectivity index (χ1v) is 8.12. The van der Waals surface area contributed by atoms with Gasteiger partial charge in [0.05, 0.1) is 0 Å². The molecule has 2 aromatic heterocycles. The van der Waals surface area contributed by atoms with Crippen molar-refractivity contribution in [2.45, 2.75) is 0 Å². The summed E-state index contributed by atoms with van der Waals surface area (Å²) in [4.78, 5) is 3.12. The Kier molecular flexibility index (Phi) is 3.37. The van der Waals surface area contributed by atoms with Gasteiger partial charge in [0, 0.05) is 31.9 Å². The fraction of sp³-hybridized carbons (Fsp3) is 0. The number of aromatic nitrogens is 1. The summed E-state index contributed by atoms with van der Waals surface area (Å²) in [5.41, 5.74) is 1.21. The molecule has 0 fully saturated rings. The van der Waals surface area contributed by atoms with E-state index < -0.39 is 0 Å². The van der Waals surface area contributed by atoms with Crippen molar-refractivity contribution < 1.29 is 0 Å². The van der Waals surface area contributed by atoms with Crippen molar-refractivity contribution >= 4 is 42.4 Å². The lowest BCUT2D eigenvalue weighted by Gasteiger charge is -1.88. The lowest BCUT2D eigenvalue weighted by atomic mass is 10.2. The number of fused-ring (bicyclic) bond motifs is 4. The van der Waals surface area contributed by atoms with Gasteiger partial charge < -0.3 is 4.98 Å². The van der Waals surface area contributed by atoms with Crippen LogP contribution in [0.1, 0.15) is 0 Å². The Morgan fingerprint density at radius 1 is 0.591 bits per heavy atom. The first-order chi connectivity index (χ1) is 10.9. The second kappa shape index (κ2) is 5.66. The molecule has 0 radical (unpaired) electrons. The second-order valence-electron chi connectivity index (χ2n) is 5.16. The molecule has 0 atom stereocenters. The lowest BCUT2D eigenvalue weighted by molar-refractivity contribution is 1.48. The highest BCUT2D eigenvalue weighted by molar-refractivity contribution is 7.25. The van der Waals surface area contributed by atoms with Gasteiger partial charge in [0.15, 0.2) is 0 Å². The van der Waals surface area contributed by atoms with Crippen LogP contribution >= 0.6 is 11.3 Å². The molecule has 1 nitrogen and oxygen atoms in total. The van der Waals surface area contributed by atoms with Gasteiger partial charge >= 0.3 is 0 Å². The van der Waals surface area contributed by atoms with E-state index >= 15 is 0 Å². The summed E-state index contributed by atoms with van der Waals surface area (Å²) in [7, 11) is 0. The van der Waals surface area contributed by atoms with Crippen LogP contribution in [0, 0.1) is 0 Å². The molecule has 5 rings (SSSR count). The van der Waals surface area contributed by atoms with Crippen molar-refractivity contribution in [1.29, 1.82) is 0 Å². The molecular formula is C20H15NS. The van der Waals surface area contributed by atoms with Gasteiger partial charge in [-0.1, -0.05) is 54.6 Å². The molecule has 2 heteroatoms. The van der Waals surface area contributed by atoms with E-state index in [0.29, 0.717) is 0 Å². The molecule has 0 aliphatic rings. The van der Waals surface area contributed by atoms with Crippen molar-refractivity contribution in [1.82, 2.24) is 4.98 Å². The fourth-order valence-electron chi connectivity index (χ4n) is 2.67. The number of H-pyrrole nitrogens is 1. The highest BCUT2D eigenvalue weighted by atomic mass is 32.1. The van der Waals surface area contributed by atoms with E-state index in [1.807, 2.05) is 29.7 Å². The number of rotatable bonds is 0. The summed E-state index contributed by atoms with van der Waals surface area (Å²) in [6.07, 6.45) is 1.95. The number of nitrogens with one attached hydrogen (secondary N) is 1. The van der Waals surface area contributed by atoms with E-state index in [9.17, 15) is 0 Å². The maximum absolute atomic E-state index is 3.12. The SMILES string of the molecule is c1ccc2[nH]ccc2c1.c1ccc2c(c1)sc1ccccc12. The largest absolute Gasteiger partial charge is 0.361 e. The molecule has 0 spiro atoms. The lowest BCUT2D eigenvalue weighted by Crippen LogP contribution is -1.62. The minimum atomic E-state index is 1.21. The summed E-state index contributed by atoms with van der Waals surface area (Å²) < 4.78 is 2.76. The Balaban J connectivity index is 0.000000122. The molecule has 22 heavy (non-hydrogen) atoms. The number of para-hydroxylation sites is 1. The summed E-state index contributed by atoms with van der Waals surface area (Å²) >= 11 is 1.86. The maximum Gasteiger partial charge on any atom is 0.0453 e. The zero-order valence-electron chi connectivity index (χ0n) is 12.0. The molecular weight excluding hydrogens is 286 g/mol. The predicted molar refractivity (Wildman–Crippen MR) is 97.6 cm³/mol. The molecule has 1 N–H and O–H groups in total.